The van der Waals surface area contributed by atoms with Crippen LogP contribution < -0.4 is 0 Å². The number of hydrogen-bond donors (Lipinski definition) is 1. The zero-order chi connectivity index (χ0) is 14.8. The molecule has 0 unspecified atom stereocenters. The smallest absolute Gasteiger partial charge is 0.0462 e. The van der Waals surface area contributed by atoms with Gasteiger partial charge in [-0.05, 0) is 82.8 Å². The number of aryl methyl sites for hydroxylation is 2. The number of fused-ring (bicyclic) bond motifs is 1. The summed E-state index contributed by atoms with van der Waals surface area (Å²) >= 11 is 2.42. The molecule has 0 saturated heterocycles. The first-order valence-electron chi connectivity index (χ1n) is 7.55. The van der Waals surface area contributed by atoms with Crippen molar-refractivity contribution in [2.75, 3.05) is 0 Å². The highest BCUT2D eigenvalue weighted by Crippen LogP contribution is 2.28. The lowest BCUT2D eigenvalue weighted by Crippen LogP contribution is -1.89. The van der Waals surface area contributed by atoms with Crippen LogP contribution in [0.5, 0.6) is 0 Å². The van der Waals surface area contributed by atoms with Crippen molar-refractivity contribution in [1.29, 1.82) is 0 Å². The lowest BCUT2D eigenvalue weighted by Gasteiger charge is -2.08. The summed E-state index contributed by atoms with van der Waals surface area (Å²) in [5, 5.41) is 1.32. The summed E-state index contributed by atoms with van der Waals surface area (Å²) in [4.78, 5) is 3.36. The van der Waals surface area contributed by atoms with Crippen molar-refractivity contribution in [3.05, 3.63) is 57.3 Å². The maximum Gasteiger partial charge on any atom is 0.0462 e. The number of benzene rings is 2. The van der Waals surface area contributed by atoms with E-state index < -0.39 is 0 Å². The van der Waals surface area contributed by atoms with Gasteiger partial charge in [0.15, 0.2) is 0 Å². The van der Waals surface area contributed by atoms with Crippen molar-refractivity contribution in [3.8, 4) is 11.1 Å². The molecule has 2 heteroatoms. The largest absolute Gasteiger partial charge is 0.361 e. The minimum atomic E-state index is 1.17. The second-order valence-electron chi connectivity index (χ2n) is 5.68. The summed E-state index contributed by atoms with van der Waals surface area (Å²) in [6, 6.07) is 13.6. The number of halogens is 1. The van der Waals surface area contributed by atoms with Gasteiger partial charge in [-0.25, -0.2) is 0 Å². The van der Waals surface area contributed by atoms with E-state index in [1.54, 1.807) is 0 Å². The Bertz CT molecular complexity index is 770. The number of unbranched alkanes of at least 4 members (excludes halogenated alkanes) is 1. The van der Waals surface area contributed by atoms with Gasteiger partial charge >= 0.3 is 0 Å². The number of hydrogen-bond acceptors (Lipinski definition) is 0. The van der Waals surface area contributed by atoms with Crippen LogP contribution in [0.25, 0.3) is 22.0 Å². The van der Waals surface area contributed by atoms with Crippen LogP contribution in [0.3, 0.4) is 0 Å². The fourth-order valence-electron chi connectivity index (χ4n) is 2.79. The molecule has 108 valence electrons. The van der Waals surface area contributed by atoms with Crippen LogP contribution in [0.4, 0.5) is 0 Å². The Kier molecular flexibility index (Phi) is 4.34. The van der Waals surface area contributed by atoms with Gasteiger partial charge in [-0.2, -0.15) is 0 Å². The summed E-state index contributed by atoms with van der Waals surface area (Å²) < 4.78 is 1.32. The van der Waals surface area contributed by atoms with Gasteiger partial charge in [0.2, 0.25) is 0 Å². The molecule has 3 rings (SSSR count). The normalized spacial score (nSPS) is 11.2. The lowest BCUT2D eigenvalue weighted by atomic mass is 9.99. The third-order valence-electron chi connectivity index (χ3n) is 4.00. The average molecular weight is 389 g/mol. The topological polar surface area (TPSA) is 15.8 Å². The van der Waals surface area contributed by atoms with Crippen molar-refractivity contribution < 1.29 is 0 Å². The predicted molar refractivity (Wildman–Crippen MR) is 99.8 cm³/mol. The van der Waals surface area contributed by atoms with Gasteiger partial charge in [-0.1, -0.05) is 31.5 Å². The standard InChI is InChI=1S/C19H20IN/c1-3-4-5-14-8-16(10-17(20)9-14)15-6-7-18-13(2)12-21-19(18)11-15/h6-12,21H,3-5H2,1-2H3. The Labute approximate surface area is 139 Å². The third-order valence-corrected chi connectivity index (χ3v) is 4.62. The van der Waals surface area contributed by atoms with Gasteiger partial charge in [0, 0.05) is 20.7 Å². The molecule has 0 radical (unpaired) electrons. The van der Waals surface area contributed by atoms with E-state index in [9.17, 15) is 0 Å². The molecule has 0 aliphatic rings. The average Bonchev–Trinajstić information content (AvgIpc) is 2.85. The summed E-state index contributed by atoms with van der Waals surface area (Å²) in [5.74, 6) is 0. The lowest BCUT2D eigenvalue weighted by molar-refractivity contribution is 0.795. The first-order valence-corrected chi connectivity index (χ1v) is 8.63. The second kappa shape index (κ2) is 6.22. The van der Waals surface area contributed by atoms with Crippen LogP contribution in [0.2, 0.25) is 0 Å². The highest BCUT2D eigenvalue weighted by atomic mass is 127. The van der Waals surface area contributed by atoms with Crippen LogP contribution in [0, 0.1) is 10.5 Å². The molecule has 0 saturated carbocycles. The second-order valence-corrected chi connectivity index (χ2v) is 6.93. The molecule has 1 N–H and O–H groups in total. The molecular weight excluding hydrogens is 369 g/mol. The van der Waals surface area contributed by atoms with Crippen LogP contribution in [-0.4, -0.2) is 4.98 Å². The molecular formula is C19H20IN. The molecule has 1 aromatic heterocycles. The highest BCUT2D eigenvalue weighted by Gasteiger charge is 2.05. The van der Waals surface area contributed by atoms with E-state index in [2.05, 4.69) is 84.0 Å². The number of aromatic nitrogens is 1. The summed E-state index contributed by atoms with van der Waals surface area (Å²) in [7, 11) is 0. The molecule has 0 spiro atoms. The monoisotopic (exact) mass is 389 g/mol. The van der Waals surface area contributed by atoms with E-state index in [1.165, 1.54) is 56.0 Å². The van der Waals surface area contributed by atoms with E-state index >= 15 is 0 Å². The van der Waals surface area contributed by atoms with Crippen molar-refractivity contribution >= 4 is 33.5 Å². The van der Waals surface area contributed by atoms with E-state index in [1.807, 2.05) is 0 Å². The molecule has 0 fully saturated rings. The van der Waals surface area contributed by atoms with Gasteiger partial charge in [-0.15, -0.1) is 0 Å². The molecule has 0 atom stereocenters. The molecule has 1 heterocycles. The summed E-state index contributed by atoms with van der Waals surface area (Å²) in [6.45, 7) is 4.39. The third kappa shape index (κ3) is 3.15. The molecule has 0 bridgehead atoms. The minimum Gasteiger partial charge on any atom is -0.361 e. The van der Waals surface area contributed by atoms with Crippen LogP contribution >= 0.6 is 22.6 Å². The zero-order valence-corrected chi connectivity index (χ0v) is 14.7. The van der Waals surface area contributed by atoms with Crippen molar-refractivity contribution in [2.45, 2.75) is 33.1 Å². The van der Waals surface area contributed by atoms with Crippen molar-refractivity contribution in [1.82, 2.24) is 4.98 Å². The van der Waals surface area contributed by atoms with E-state index in [0.29, 0.717) is 0 Å². The fourth-order valence-corrected chi connectivity index (χ4v) is 3.53. The fraction of sp³-hybridized carbons (Fsp3) is 0.263. The Morgan fingerprint density at radius 3 is 2.71 bits per heavy atom. The van der Waals surface area contributed by atoms with E-state index in [0.717, 1.165) is 0 Å². The zero-order valence-electron chi connectivity index (χ0n) is 12.5. The summed E-state index contributed by atoms with van der Waals surface area (Å²) in [5.41, 5.74) is 6.59. The minimum absolute atomic E-state index is 1.17. The van der Waals surface area contributed by atoms with Crippen LogP contribution in [-0.2, 0) is 6.42 Å². The first kappa shape index (κ1) is 14.6. The van der Waals surface area contributed by atoms with Crippen LogP contribution in [0.15, 0.2) is 42.6 Å². The Balaban J connectivity index is 2.02. The van der Waals surface area contributed by atoms with Gasteiger partial charge in [-0.3, -0.25) is 0 Å². The molecule has 21 heavy (non-hydrogen) atoms. The predicted octanol–water partition coefficient (Wildman–Crippen LogP) is 6.09. The van der Waals surface area contributed by atoms with E-state index in [-0.39, 0.29) is 0 Å². The summed E-state index contributed by atoms with van der Waals surface area (Å²) in [6.07, 6.45) is 5.75. The van der Waals surface area contributed by atoms with Crippen molar-refractivity contribution in [3.63, 3.8) is 0 Å². The van der Waals surface area contributed by atoms with Gasteiger partial charge in [0.05, 0.1) is 0 Å². The van der Waals surface area contributed by atoms with Gasteiger partial charge < -0.3 is 4.98 Å². The molecule has 0 aliphatic carbocycles. The maximum atomic E-state index is 3.36. The number of H-pyrrole nitrogens is 1. The quantitative estimate of drug-likeness (QED) is 0.520. The molecule has 1 nitrogen and oxygen atoms in total. The Morgan fingerprint density at radius 1 is 1.05 bits per heavy atom. The highest BCUT2D eigenvalue weighted by molar-refractivity contribution is 14.1. The van der Waals surface area contributed by atoms with E-state index in [4.69, 9.17) is 0 Å². The number of aromatic amines is 1. The first-order chi connectivity index (χ1) is 10.2. The Hall–Kier alpha value is -1.29. The molecule has 2 aromatic carbocycles. The van der Waals surface area contributed by atoms with Gasteiger partial charge in [0.1, 0.15) is 0 Å². The SMILES string of the molecule is CCCCc1cc(I)cc(-c2ccc3c(C)c[nH]c3c2)c1. The number of nitrogens with one attached hydrogen (secondary N) is 1. The molecule has 3 aromatic rings. The number of rotatable bonds is 4. The molecule has 0 aliphatic heterocycles. The Morgan fingerprint density at radius 2 is 1.90 bits per heavy atom. The van der Waals surface area contributed by atoms with Gasteiger partial charge in [0.25, 0.3) is 0 Å². The van der Waals surface area contributed by atoms with Crippen LogP contribution in [0.1, 0.15) is 30.9 Å². The van der Waals surface area contributed by atoms with Crippen molar-refractivity contribution in [2.24, 2.45) is 0 Å². The molecule has 0 amide bonds. The maximum absolute atomic E-state index is 3.36.